The number of benzene rings is 2. The Hall–Kier alpha value is -2.38. The predicted octanol–water partition coefficient (Wildman–Crippen LogP) is 4.18. The molecule has 2 aromatic carbocycles. The zero-order chi connectivity index (χ0) is 14.3. The average Bonchev–Trinajstić information content (AvgIpc) is 2.77. The fourth-order valence-electron chi connectivity index (χ4n) is 2.42. The Kier molecular flexibility index (Phi) is 2.92. The maximum atomic E-state index is 9.19. The number of H-pyrrole nitrogens is 1. The molecule has 0 amide bonds. The standard InChI is InChI=1S/C16H13N3S/c1-10-6-7-11(2)14(8-10)19-13-5-3-4-12(9-17)15(13)18-16(19)20/h3-8H,1-2H3,(H,18,20). The molecular formula is C16H13N3S. The molecule has 0 saturated heterocycles. The van der Waals surface area contributed by atoms with Crippen LogP contribution in [0.15, 0.2) is 36.4 Å². The fourth-order valence-corrected chi connectivity index (χ4v) is 2.72. The highest BCUT2D eigenvalue weighted by Gasteiger charge is 2.11. The van der Waals surface area contributed by atoms with Crippen LogP contribution >= 0.6 is 12.2 Å². The number of hydrogen-bond acceptors (Lipinski definition) is 2. The molecule has 20 heavy (non-hydrogen) atoms. The van der Waals surface area contributed by atoms with Crippen molar-refractivity contribution in [2.75, 3.05) is 0 Å². The predicted molar refractivity (Wildman–Crippen MR) is 82.6 cm³/mol. The van der Waals surface area contributed by atoms with Crippen molar-refractivity contribution in [3.8, 4) is 11.8 Å². The van der Waals surface area contributed by atoms with Gasteiger partial charge in [0.2, 0.25) is 0 Å². The molecule has 4 heteroatoms. The lowest BCUT2D eigenvalue weighted by molar-refractivity contribution is 1.04. The number of nitrogens with zero attached hydrogens (tertiary/aromatic N) is 2. The van der Waals surface area contributed by atoms with Gasteiger partial charge in [0.25, 0.3) is 0 Å². The van der Waals surface area contributed by atoms with Crippen LogP contribution in [0, 0.1) is 29.9 Å². The minimum atomic E-state index is 0.608. The van der Waals surface area contributed by atoms with Gasteiger partial charge >= 0.3 is 0 Å². The minimum Gasteiger partial charge on any atom is -0.329 e. The third kappa shape index (κ3) is 1.84. The third-order valence-corrected chi connectivity index (χ3v) is 3.73. The van der Waals surface area contributed by atoms with Crippen LogP contribution in [0.25, 0.3) is 16.7 Å². The van der Waals surface area contributed by atoms with Crippen LogP contribution in [0.4, 0.5) is 0 Å². The van der Waals surface area contributed by atoms with Crippen molar-refractivity contribution in [2.45, 2.75) is 13.8 Å². The highest BCUT2D eigenvalue weighted by Crippen LogP contribution is 2.24. The van der Waals surface area contributed by atoms with Crippen molar-refractivity contribution in [3.63, 3.8) is 0 Å². The molecule has 1 heterocycles. The molecule has 0 aliphatic carbocycles. The summed E-state index contributed by atoms with van der Waals surface area (Å²) in [7, 11) is 0. The second-order valence-electron chi connectivity index (χ2n) is 4.87. The number of aromatic nitrogens is 2. The molecule has 0 unspecified atom stereocenters. The SMILES string of the molecule is Cc1ccc(C)c(-n2c(=S)[nH]c3c(C#N)cccc32)c1. The first kappa shape index (κ1) is 12.6. The number of aromatic amines is 1. The van der Waals surface area contributed by atoms with Gasteiger partial charge in [-0.25, -0.2) is 0 Å². The van der Waals surface area contributed by atoms with Crippen LogP contribution in [0.1, 0.15) is 16.7 Å². The van der Waals surface area contributed by atoms with E-state index < -0.39 is 0 Å². The fraction of sp³-hybridized carbons (Fsp3) is 0.125. The Bertz CT molecular complexity index is 910. The van der Waals surface area contributed by atoms with Crippen molar-refractivity contribution < 1.29 is 0 Å². The largest absolute Gasteiger partial charge is 0.329 e. The molecule has 0 atom stereocenters. The maximum Gasteiger partial charge on any atom is 0.182 e. The molecule has 3 nitrogen and oxygen atoms in total. The molecule has 3 aromatic rings. The van der Waals surface area contributed by atoms with Crippen LogP contribution in [-0.4, -0.2) is 9.55 Å². The summed E-state index contributed by atoms with van der Waals surface area (Å²) in [6.45, 7) is 4.12. The maximum absolute atomic E-state index is 9.19. The van der Waals surface area contributed by atoms with Gasteiger partial charge in [0.1, 0.15) is 6.07 Å². The van der Waals surface area contributed by atoms with Crippen LogP contribution < -0.4 is 0 Å². The molecule has 1 aromatic heterocycles. The van der Waals surface area contributed by atoms with Gasteiger partial charge in [0.05, 0.1) is 22.3 Å². The van der Waals surface area contributed by atoms with Gasteiger partial charge in [-0.1, -0.05) is 18.2 Å². The second-order valence-corrected chi connectivity index (χ2v) is 5.25. The quantitative estimate of drug-likeness (QED) is 0.679. The Labute approximate surface area is 122 Å². The van der Waals surface area contributed by atoms with E-state index in [1.165, 1.54) is 5.56 Å². The van der Waals surface area contributed by atoms with Crippen molar-refractivity contribution in [3.05, 3.63) is 57.9 Å². The van der Waals surface area contributed by atoms with Gasteiger partial charge in [-0.15, -0.1) is 0 Å². The van der Waals surface area contributed by atoms with E-state index in [1.807, 2.05) is 16.7 Å². The molecule has 0 bridgehead atoms. The highest BCUT2D eigenvalue weighted by molar-refractivity contribution is 7.71. The van der Waals surface area contributed by atoms with E-state index in [4.69, 9.17) is 12.2 Å². The van der Waals surface area contributed by atoms with Gasteiger partial charge < -0.3 is 4.98 Å². The number of para-hydroxylation sites is 1. The number of rotatable bonds is 1. The summed E-state index contributed by atoms with van der Waals surface area (Å²) in [5.41, 5.74) is 5.71. The molecule has 1 N–H and O–H groups in total. The summed E-state index contributed by atoms with van der Waals surface area (Å²) in [6.07, 6.45) is 0. The van der Waals surface area contributed by atoms with E-state index in [0.717, 1.165) is 22.3 Å². The van der Waals surface area contributed by atoms with Crippen molar-refractivity contribution in [1.29, 1.82) is 5.26 Å². The summed E-state index contributed by atoms with van der Waals surface area (Å²) >= 11 is 5.44. The minimum absolute atomic E-state index is 0.608. The summed E-state index contributed by atoms with van der Waals surface area (Å²) < 4.78 is 2.60. The molecule has 0 spiro atoms. The van der Waals surface area contributed by atoms with Crippen molar-refractivity contribution in [2.24, 2.45) is 0 Å². The summed E-state index contributed by atoms with van der Waals surface area (Å²) in [6, 6.07) is 14.1. The number of fused-ring (bicyclic) bond motifs is 1. The summed E-state index contributed by atoms with van der Waals surface area (Å²) in [5, 5.41) is 9.19. The van der Waals surface area contributed by atoms with Crippen molar-refractivity contribution in [1.82, 2.24) is 9.55 Å². The van der Waals surface area contributed by atoms with Gasteiger partial charge in [0.15, 0.2) is 4.77 Å². The normalized spacial score (nSPS) is 10.7. The first-order valence-corrected chi connectivity index (χ1v) is 6.74. The molecule has 0 saturated carbocycles. The Morgan fingerprint density at radius 1 is 1.20 bits per heavy atom. The summed E-state index contributed by atoms with van der Waals surface area (Å²) in [4.78, 5) is 3.15. The Balaban J connectivity index is 2.44. The van der Waals surface area contributed by atoms with E-state index in [-0.39, 0.29) is 0 Å². The van der Waals surface area contributed by atoms with Crippen molar-refractivity contribution >= 4 is 23.3 Å². The first-order chi connectivity index (χ1) is 9.61. The van der Waals surface area contributed by atoms with Gasteiger partial charge in [0, 0.05) is 0 Å². The Morgan fingerprint density at radius 3 is 2.75 bits per heavy atom. The van der Waals surface area contributed by atoms with Crippen LogP contribution in [0.3, 0.4) is 0 Å². The zero-order valence-electron chi connectivity index (χ0n) is 11.3. The van der Waals surface area contributed by atoms with E-state index in [1.54, 1.807) is 6.07 Å². The van der Waals surface area contributed by atoms with Crippen LogP contribution in [-0.2, 0) is 0 Å². The lowest BCUT2D eigenvalue weighted by atomic mass is 10.1. The zero-order valence-corrected chi connectivity index (χ0v) is 12.1. The first-order valence-electron chi connectivity index (χ1n) is 6.33. The van der Waals surface area contributed by atoms with Crippen LogP contribution in [0.2, 0.25) is 0 Å². The lowest BCUT2D eigenvalue weighted by Gasteiger charge is -2.09. The number of imidazole rings is 1. The molecule has 0 aliphatic rings. The topological polar surface area (TPSA) is 44.5 Å². The smallest absolute Gasteiger partial charge is 0.182 e. The molecule has 0 fully saturated rings. The number of nitrogens with one attached hydrogen (secondary N) is 1. The van der Waals surface area contributed by atoms with E-state index >= 15 is 0 Å². The highest BCUT2D eigenvalue weighted by atomic mass is 32.1. The van der Waals surface area contributed by atoms with E-state index in [9.17, 15) is 5.26 Å². The molecular weight excluding hydrogens is 266 g/mol. The third-order valence-electron chi connectivity index (χ3n) is 3.44. The van der Waals surface area contributed by atoms with E-state index in [0.29, 0.717) is 10.3 Å². The Morgan fingerprint density at radius 2 is 2.00 bits per heavy atom. The second kappa shape index (κ2) is 4.62. The number of nitriles is 1. The molecule has 98 valence electrons. The lowest BCUT2D eigenvalue weighted by Crippen LogP contribution is -1.97. The molecule has 3 rings (SSSR count). The average molecular weight is 279 g/mol. The van der Waals surface area contributed by atoms with Crippen LogP contribution in [0.5, 0.6) is 0 Å². The van der Waals surface area contributed by atoms with Gasteiger partial charge in [-0.3, -0.25) is 4.57 Å². The summed E-state index contributed by atoms with van der Waals surface area (Å²) in [5.74, 6) is 0. The monoisotopic (exact) mass is 279 g/mol. The molecule has 0 aliphatic heterocycles. The van der Waals surface area contributed by atoms with E-state index in [2.05, 4.69) is 43.1 Å². The van der Waals surface area contributed by atoms with Gasteiger partial charge in [-0.2, -0.15) is 5.26 Å². The number of aryl methyl sites for hydroxylation is 2. The molecule has 0 radical (unpaired) electrons. The van der Waals surface area contributed by atoms with Gasteiger partial charge in [-0.05, 0) is 55.4 Å². The number of hydrogen-bond donors (Lipinski definition) is 1.